The van der Waals surface area contributed by atoms with Crippen molar-refractivity contribution in [3.8, 4) is 17.0 Å². The second-order valence-corrected chi connectivity index (χ2v) is 7.83. The number of piperazine rings is 1. The number of rotatable bonds is 4. The molecule has 33 heavy (non-hydrogen) atoms. The molecule has 1 saturated heterocycles. The number of carbonyl (C=O) groups is 1. The second kappa shape index (κ2) is 8.84. The minimum atomic E-state index is -0.335. The van der Waals surface area contributed by atoms with Crippen molar-refractivity contribution in [1.29, 1.82) is 0 Å². The molecule has 1 amide bonds. The van der Waals surface area contributed by atoms with Crippen LogP contribution in [-0.4, -0.2) is 57.3 Å². The van der Waals surface area contributed by atoms with Crippen LogP contribution in [0.3, 0.4) is 0 Å². The van der Waals surface area contributed by atoms with Crippen LogP contribution < -0.4 is 5.32 Å². The molecule has 0 unspecified atom stereocenters. The third kappa shape index (κ3) is 4.20. The third-order valence-electron chi connectivity index (χ3n) is 5.68. The van der Waals surface area contributed by atoms with Gasteiger partial charge in [0.1, 0.15) is 11.6 Å². The minimum absolute atomic E-state index is 0.106. The lowest BCUT2D eigenvalue weighted by atomic mass is 10.0. The minimum Gasteiger partial charge on any atom is -0.508 e. The fraction of sp³-hybridized carbons (Fsp3) is 0.160. The standard InChI is InChI=1S/C25H22FN5O2/c26-20-4-2-1-3-16(20)7-10-21-23-19(25(33)31-13-11-27-12-14-31)15-22(28-24(23)30-29-21)17-5-8-18(32)9-6-17/h1-10,15,27,32H,11-14H2,(H,28,29,30)/b10-7+. The molecular formula is C25H22FN5O2. The highest BCUT2D eigenvalue weighted by molar-refractivity contribution is 6.09. The molecule has 166 valence electrons. The van der Waals surface area contributed by atoms with Crippen molar-refractivity contribution in [2.24, 2.45) is 0 Å². The zero-order valence-electron chi connectivity index (χ0n) is 17.8. The van der Waals surface area contributed by atoms with Gasteiger partial charge in [-0.15, -0.1) is 0 Å². The van der Waals surface area contributed by atoms with E-state index in [0.29, 0.717) is 46.6 Å². The van der Waals surface area contributed by atoms with Crippen LogP contribution in [0.15, 0.2) is 54.6 Å². The van der Waals surface area contributed by atoms with Gasteiger partial charge in [0.05, 0.1) is 22.3 Å². The number of H-pyrrole nitrogens is 1. The Labute approximate surface area is 189 Å². The summed E-state index contributed by atoms with van der Waals surface area (Å²) in [7, 11) is 0. The summed E-state index contributed by atoms with van der Waals surface area (Å²) in [5, 5.41) is 20.8. The fourth-order valence-electron chi connectivity index (χ4n) is 3.94. The second-order valence-electron chi connectivity index (χ2n) is 7.83. The molecule has 2 aromatic heterocycles. The lowest BCUT2D eigenvalue weighted by molar-refractivity contribution is 0.0737. The molecule has 0 aliphatic carbocycles. The van der Waals surface area contributed by atoms with E-state index in [0.717, 1.165) is 18.7 Å². The summed E-state index contributed by atoms with van der Waals surface area (Å²) in [6, 6.07) is 14.9. The normalized spacial score (nSPS) is 14.3. The Morgan fingerprint density at radius 1 is 1.06 bits per heavy atom. The number of hydrogen-bond donors (Lipinski definition) is 3. The SMILES string of the molecule is O=C(c1cc(-c2ccc(O)cc2)nc2[nH]nc(/C=C/c3ccccc3F)c12)N1CCNCC1. The lowest BCUT2D eigenvalue weighted by Gasteiger charge is -2.27. The van der Waals surface area contributed by atoms with Gasteiger partial charge in [-0.25, -0.2) is 9.37 Å². The molecule has 0 atom stereocenters. The number of phenols is 1. The van der Waals surface area contributed by atoms with Crippen molar-refractivity contribution in [1.82, 2.24) is 25.4 Å². The first-order valence-electron chi connectivity index (χ1n) is 10.7. The summed E-state index contributed by atoms with van der Waals surface area (Å²) in [5.41, 5.74) is 3.24. The summed E-state index contributed by atoms with van der Waals surface area (Å²) in [4.78, 5) is 20.0. The van der Waals surface area contributed by atoms with Crippen LogP contribution in [0, 0.1) is 5.82 Å². The van der Waals surface area contributed by atoms with Crippen molar-refractivity contribution >= 4 is 29.1 Å². The average Bonchev–Trinajstić information content (AvgIpc) is 3.26. The van der Waals surface area contributed by atoms with Gasteiger partial charge in [-0.2, -0.15) is 5.10 Å². The Morgan fingerprint density at radius 2 is 1.82 bits per heavy atom. The highest BCUT2D eigenvalue weighted by atomic mass is 19.1. The van der Waals surface area contributed by atoms with Crippen LogP contribution in [0.4, 0.5) is 4.39 Å². The number of halogens is 1. The van der Waals surface area contributed by atoms with Crippen LogP contribution in [0.25, 0.3) is 34.4 Å². The van der Waals surface area contributed by atoms with E-state index in [4.69, 9.17) is 0 Å². The molecule has 1 aliphatic heterocycles. The van der Waals surface area contributed by atoms with Crippen LogP contribution in [0.5, 0.6) is 5.75 Å². The van der Waals surface area contributed by atoms with Gasteiger partial charge in [-0.1, -0.05) is 18.2 Å². The van der Waals surface area contributed by atoms with Crippen molar-refractivity contribution in [2.75, 3.05) is 26.2 Å². The van der Waals surface area contributed by atoms with Gasteiger partial charge >= 0.3 is 0 Å². The number of nitrogens with zero attached hydrogens (tertiary/aromatic N) is 3. The fourth-order valence-corrected chi connectivity index (χ4v) is 3.94. The summed E-state index contributed by atoms with van der Waals surface area (Å²) in [6.45, 7) is 2.68. The number of nitrogens with one attached hydrogen (secondary N) is 2. The summed E-state index contributed by atoms with van der Waals surface area (Å²) in [6.07, 6.45) is 3.32. The maximum atomic E-state index is 14.1. The monoisotopic (exact) mass is 443 g/mol. The topological polar surface area (TPSA) is 94.1 Å². The molecule has 2 aromatic carbocycles. The molecule has 0 radical (unpaired) electrons. The predicted octanol–water partition coefficient (Wildman–Crippen LogP) is 3.69. The molecule has 5 rings (SSSR count). The van der Waals surface area contributed by atoms with Crippen molar-refractivity contribution in [3.63, 3.8) is 0 Å². The van der Waals surface area contributed by atoms with E-state index in [-0.39, 0.29) is 17.5 Å². The van der Waals surface area contributed by atoms with Crippen molar-refractivity contribution in [2.45, 2.75) is 0 Å². The number of pyridine rings is 1. The number of benzene rings is 2. The number of hydrogen-bond acceptors (Lipinski definition) is 5. The number of amides is 1. The molecule has 4 aromatic rings. The highest BCUT2D eigenvalue weighted by Crippen LogP contribution is 2.29. The molecule has 3 N–H and O–H groups in total. The average molecular weight is 443 g/mol. The maximum absolute atomic E-state index is 14.1. The zero-order chi connectivity index (χ0) is 22.8. The van der Waals surface area contributed by atoms with Gasteiger partial charge in [0.15, 0.2) is 5.65 Å². The third-order valence-corrected chi connectivity index (χ3v) is 5.68. The van der Waals surface area contributed by atoms with Crippen LogP contribution in [0.2, 0.25) is 0 Å². The van der Waals surface area contributed by atoms with E-state index in [9.17, 15) is 14.3 Å². The van der Waals surface area contributed by atoms with Crippen LogP contribution >= 0.6 is 0 Å². The van der Waals surface area contributed by atoms with Gasteiger partial charge in [0, 0.05) is 37.3 Å². The van der Waals surface area contributed by atoms with Gasteiger partial charge in [0.25, 0.3) is 5.91 Å². The smallest absolute Gasteiger partial charge is 0.254 e. The van der Waals surface area contributed by atoms with Gasteiger partial charge in [-0.3, -0.25) is 9.89 Å². The molecular weight excluding hydrogens is 421 g/mol. The first-order chi connectivity index (χ1) is 16.1. The first kappa shape index (κ1) is 20.8. The molecule has 8 heteroatoms. The molecule has 3 heterocycles. The zero-order valence-corrected chi connectivity index (χ0v) is 17.8. The number of carbonyl (C=O) groups excluding carboxylic acids is 1. The Balaban J connectivity index is 1.63. The number of fused-ring (bicyclic) bond motifs is 1. The Morgan fingerprint density at radius 3 is 2.58 bits per heavy atom. The van der Waals surface area contributed by atoms with E-state index >= 15 is 0 Å². The van der Waals surface area contributed by atoms with Crippen LogP contribution in [-0.2, 0) is 0 Å². The summed E-state index contributed by atoms with van der Waals surface area (Å²) in [5.74, 6) is -0.289. The Bertz CT molecular complexity index is 1340. The van der Waals surface area contributed by atoms with Crippen molar-refractivity contribution < 1.29 is 14.3 Å². The van der Waals surface area contributed by atoms with Gasteiger partial charge < -0.3 is 15.3 Å². The van der Waals surface area contributed by atoms with E-state index in [1.807, 2.05) is 4.90 Å². The van der Waals surface area contributed by atoms with Gasteiger partial charge in [0.2, 0.25) is 0 Å². The quantitative estimate of drug-likeness (QED) is 0.447. The highest BCUT2D eigenvalue weighted by Gasteiger charge is 2.24. The van der Waals surface area contributed by atoms with Crippen molar-refractivity contribution in [3.05, 3.63) is 77.2 Å². The number of aromatic hydroxyl groups is 1. The van der Waals surface area contributed by atoms with E-state index < -0.39 is 0 Å². The molecule has 0 saturated carbocycles. The Kier molecular flexibility index (Phi) is 5.58. The van der Waals surface area contributed by atoms with Gasteiger partial charge in [-0.05, 0) is 48.6 Å². The Hall–Kier alpha value is -4.04. The van der Waals surface area contributed by atoms with E-state index in [2.05, 4.69) is 20.5 Å². The predicted molar refractivity (Wildman–Crippen MR) is 125 cm³/mol. The number of phenolic OH excluding ortho intramolecular Hbond substituents is 1. The first-order valence-corrected chi connectivity index (χ1v) is 10.7. The largest absolute Gasteiger partial charge is 0.508 e. The van der Waals surface area contributed by atoms with E-state index in [1.165, 1.54) is 6.07 Å². The molecule has 7 nitrogen and oxygen atoms in total. The molecule has 0 bridgehead atoms. The summed E-state index contributed by atoms with van der Waals surface area (Å²) < 4.78 is 14.1. The van der Waals surface area contributed by atoms with E-state index in [1.54, 1.807) is 60.7 Å². The van der Waals surface area contributed by atoms with Crippen LogP contribution in [0.1, 0.15) is 21.6 Å². The number of aromatic nitrogens is 3. The number of aromatic amines is 1. The lowest BCUT2D eigenvalue weighted by Crippen LogP contribution is -2.46. The summed E-state index contributed by atoms with van der Waals surface area (Å²) >= 11 is 0. The molecule has 1 aliphatic rings. The molecule has 0 spiro atoms. The molecule has 1 fully saturated rings. The maximum Gasteiger partial charge on any atom is 0.254 e.